The van der Waals surface area contributed by atoms with Gasteiger partial charge >= 0.3 is 0 Å². The van der Waals surface area contributed by atoms with Crippen LogP contribution in [0.3, 0.4) is 0 Å². The van der Waals surface area contributed by atoms with Crippen LogP contribution in [0.4, 0.5) is 0 Å². The molecule has 4 heteroatoms. The van der Waals surface area contributed by atoms with Gasteiger partial charge in [-0.15, -0.1) is 5.10 Å². The van der Waals surface area contributed by atoms with Gasteiger partial charge in [-0.25, -0.2) is 0 Å². The number of hydrogen-bond acceptors (Lipinski definition) is 3. The molecule has 0 amide bonds. The van der Waals surface area contributed by atoms with Gasteiger partial charge < -0.3 is 5.32 Å². The van der Waals surface area contributed by atoms with Crippen molar-refractivity contribution >= 4 is 0 Å². The molecule has 4 nitrogen and oxygen atoms in total. The predicted molar refractivity (Wildman–Crippen MR) is 75.3 cm³/mol. The van der Waals surface area contributed by atoms with Gasteiger partial charge in [-0.3, -0.25) is 4.68 Å². The van der Waals surface area contributed by atoms with Crippen molar-refractivity contribution in [1.82, 2.24) is 20.3 Å². The number of unbranched alkanes of at least 4 members (excludes halogenated alkanes) is 1. The molecule has 0 spiro atoms. The molecule has 0 radical (unpaired) electrons. The van der Waals surface area contributed by atoms with Gasteiger partial charge in [0.2, 0.25) is 0 Å². The van der Waals surface area contributed by atoms with E-state index in [-0.39, 0.29) is 0 Å². The fraction of sp³-hybridized carbons (Fsp3) is 0.857. The molecule has 0 saturated heterocycles. The second kappa shape index (κ2) is 9.09. The fourth-order valence-corrected chi connectivity index (χ4v) is 2.08. The van der Waals surface area contributed by atoms with Crippen molar-refractivity contribution in [2.45, 2.75) is 66.0 Å². The van der Waals surface area contributed by atoms with Gasteiger partial charge in [-0.2, -0.15) is 0 Å². The summed E-state index contributed by atoms with van der Waals surface area (Å²) in [5.74, 6) is 0.739. The van der Waals surface area contributed by atoms with Crippen LogP contribution in [0.15, 0.2) is 6.20 Å². The van der Waals surface area contributed by atoms with Crippen molar-refractivity contribution in [3.05, 3.63) is 11.9 Å². The summed E-state index contributed by atoms with van der Waals surface area (Å²) in [6.07, 6.45) is 8.36. The average molecular weight is 252 g/mol. The predicted octanol–water partition coefficient (Wildman–Crippen LogP) is 2.99. The van der Waals surface area contributed by atoms with Crippen LogP contribution in [-0.4, -0.2) is 21.5 Å². The zero-order valence-electron chi connectivity index (χ0n) is 12.2. The van der Waals surface area contributed by atoms with E-state index in [1.807, 2.05) is 4.68 Å². The quantitative estimate of drug-likeness (QED) is 0.651. The summed E-state index contributed by atoms with van der Waals surface area (Å²) >= 11 is 0. The van der Waals surface area contributed by atoms with Crippen molar-refractivity contribution < 1.29 is 0 Å². The van der Waals surface area contributed by atoms with Crippen LogP contribution in [0, 0.1) is 5.92 Å². The van der Waals surface area contributed by atoms with E-state index in [4.69, 9.17) is 0 Å². The number of hydrogen-bond donors (Lipinski definition) is 1. The maximum Gasteiger partial charge on any atom is 0.0964 e. The monoisotopic (exact) mass is 252 g/mol. The highest BCUT2D eigenvalue weighted by Crippen LogP contribution is 2.14. The normalized spacial score (nSPS) is 12.8. The molecule has 1 rings (SSSR count). The van der Waals surface area contributed by atoms with Crippen molar-refractivity contribution in [1.29, 1.82) is 0 Å². The lowest BCUT2D eigenvalue weighted by molar-refractivity contribution is 0.368. The van der Waals surface area contributed by atoms with Gasteiger partial charge in [0, 0.05) is 19.3 Å². The number of aromatic nitrogens is 3. The van der Waals surface area contributed by atoms with E-state index in [1.54, 1.807) is 0 Å². The SMILES string of the molecule is CCCCC(CC)Cn1cc(CNCCC)nn1. The van der Waals surface area contributed by atoms with Crippen molar-refractivity contribution in [2.24, 2.45) is 5.92 Å². The van der Waals surface area contributed by atoms with E-state index in [9.17, 15) is 0 Å². The molecule has 1 aromatic heterocycles. The van der Waals surface area contributed by atoms with E-state index >= 15 is 0 Å². The Morgan fingerprint density at radius 3 is 2.78 bits per heavy atom. The molecule has 1 unspecified atom stereocenters. The fourth-order valence-electron chi connectivity index (χ4n) is 2.08. The number of rotatable bonds is 10. The van der Waals surface area contributed by atoms with Crippen LogP contribution in [0.2, 0.25) is 0 Å². The lowest BCUT2D eigenvalue weighted by Gasteiger charge is -2.13. The summed E-state index contributed by atoms with van der Waals surface area (Å²) in [6, 6.07) is 0. The molecule has 0 saturated carbocycles. The lowest BCUT2D eigenvalue weighted by atomic mass is 9.99. The van der Waals surface area contributed by atoms with Crippen LogP contribution < -0.4 is 5.32 Å². The van der Waals surface area contributed by atoms with Crippen molar-refractivity contribution in [2.75, 3.05) is 6.54 Å². The molecule has 1 heterocycles. The molecule has 0 aliphatic carbocycles. The maximum atomic E-state index is 4.22. The zero-order chi connectivity index (χ0) is 13.2. The zero-order valence-corrected chi connectivity index (χ0v) is 12.2. The van der Waals surface area contributed by atoms with Gasteiger partial charge in [0.25, 0.3) is 0 Å². The van der Waals surface area contributed by atoms with Crippen LogP contribution in [0.25, 0.3) is 0 Å². The first kappa shape index (κ1) is 15.2. The van der Waals surface area contributed by atoms with Gasteiger partial charge in [0.15, 0.2) is 0 Å². The third-order valence-corrected chi connectivity index (χ3v) is 3.31. The number of nitrogens with zero attached hydrogens (tertiary/aromatic N) is 3. The molecule has 0 aromatic carbocycles. The highest BCUT2D eigenvalue weighted by Gasteiger charge is 2.08. The summed E-state index contributed by atoms with van der Waals surface area (Å²) in [5, 5.41) is 11.8. The third-order valence-electron chi connectivity index (χ3n) is 3.31. The molecule has 0 fully saturated rings. The van der Waals surface area contributed by atoms with E-state index < -0.39 is 0 Å². The molecule has 104 valence electrons. The second-order valence-corrected chi connectivity index (χ2v) is 5.03. The van der Waals surface area contributed by atoms with Gasteiger partial charge in [-0.1, -0.05) is 45.2 Å². The van der Waals surface area contributed by atoms with E-state index in [2.05, 4.69) is 42.6 Å². The van der Waals surface area contributed by atoms with Crippen LogP contribution >= 0.6 is 0 Å². The lowest BCUT2D eigenvalue weighted by Crippen LogP contribution is -2.14. The van der Waals surface area contributed by atoms with Gasteiger partial charge in [0.1, 0.15) is 0 Å². The topological polar surface area (TPSA) is 42.7 Å². The Morgan fingerprint density at radius 2 is 2.11 bits per heavy atom. The first-order chi connectivity index (χ1) is 8.80. The summed E-state index contributed by atoms with van der Waals surface area (Å²) in [5.41, 5.74) is 1.05. The van der Waals surface area contributed by atoms with Gasteiger partial charge in [0.05, 0.1) is 5.69 Å². The highest BCUT2D eigenvalue weighted by molar-refractivity contribution is 4.91. The molecular formula is C14H28N4. The minimum atomic E-state index is 0.739. The van der Waals surface area contributed by atoms with E-state index in [0.29, 0.717) is 0 Å². The molecule has 0 bridgehead atoms. The third kappa shape index (κ3) is 5.63. The van der Waals surface area contributed by atoms with Crippen molar-refractivity contribution in [3.63, 3.8) is 0 Å². The van der Waals surface area contributed by atoms with E-state index in [1.165, 1.54) is 25.7 Å². The Labute approximate surface area is 111 Å². The Bertz CT molecular complexity index is 308. The molecule has 1 N–H and O–H groups in total. The smallest absolute Gasteiger partial charge is 0.0964 e. The average Bonchev–Trinajstić information content (AvgIpc) is 2.82. The van der Waals surface area contributed by atoms with Crippen LogP contribution in [0.5, 0.6) is 0 Å². The van der Waals surface area contributed by atoms with Gasteiger partial charge in [-0.05, 0) is 25.3 Å². The molecule has 0 aliphatic rings. The summed E-state index contributed by atoms with van der Waals surface area (Å²) in [4.78, 5) is 0. The minimum absolute atomic E-state index is 0.739. The minimum Gasteiger partial charge on any atom is -0.311 e. The first-order valence-corrected chi connectivity index (χ1v) is 7.39. The second-order valence-electron chi connectivity index (χ2n) is 5.03. The van der Waals surface area contributed by atoms with Crippen LogP contribution in [-0.2, 0) is 13.1 Å². The highest BCUT2D eigenvalue weighted by atomic mass is 15.4. The maximum absolute atomic E-state index is 4.22. The number of nitrogens with one attached hydrogen (secondary N) is 1. The molecule has 1 aromatic rings. The molecular weight excluding hydrogens is 224 g/mol. The summed E-state index contributed by atoms with van der Waals surface area (Å²) < 4.78 is 2.01. The molecule has 1 atom stereocenters. The van der Waals surface area contributed by atoms with Crippen molar-refractivity contribution in [3.8, 4) is 0 Å². The Kier molecular flexibility index (Phi) is 7.65. The summed E-state index contributed by atoms with van der Waals surface area (Å²) in [7, 11) is 0. The molecule has 0 aliphatic heterocycles. The largest absolute Gasteiger partial charge is 0.311 e. The van der Waals surface area contributed by atoms with E-state index in [0.717, 1.165) is 37.7 Å². The summed E-state index contributed by atoms with van der Waals surface area (Å²) in [6.45, 7) is 9.57. The Balaban J connectivity index is 2.36. The standard InChI is InChI=1S/C14H28N4/c1-4-7-8-13(6-3)11-18-12-14(16-17-18)10-15-9-5-2/h12-13,15H,4-11H2,1-3H3. The van der Waals surface area contributed by atoms with Crippen LogP contribution in [0.1, 0.15) is 58.6 Å². The molecule has 18 heavy (non-hydrogen) atoms. The Morgan fingerprint density at radius 1 is 1.28 bits per heavy atom. The Hall–Kier alpha value is -0.900. The first-order valence-electron chi connectivity index (χ1n) is 7.39.